The predicted molar refractivity (Wildman–Crippen MR) is 126 cm³/mol. The number of halogens is 3. The van der Waals surface area contributed by atoms with Gasteiger partial charge in [0.25, 0.3) is 11.8 Å². The standard InChI is InChI=1S/C23H27ClF2N4O7/c1-4-36-22-16(8-18(32)37-22)29-20(34)17-9-23(25,26)10-30(17)21(35)11(2)27-19(33)13-5-6-15(14(24)7-13)28-12(3)31/h5-7,11,16-17,22H,4,8-10H2,1-3H3,(H,27,33)(H,28,31)(H,29,34)/t11-,16?,17-,22+/m0/s1. The Morgan fingerprint density at radius 2 is 2.00 bits per heavy atom. The highest BCUT2D eigenvalue weighted by molar-refractivity contribution is 6.34. The van der Waals surface area contributed by atoms with Crippen LogP contribution in [-0.4, -0.2) is 78.0 Å². The number of carbonyl (C=O) groups excluding carboxylic acids is 5. The molecule has 0 aromatic heterocycles. The van der Waals surface area contributed by atoms with E-state index >= 15 is 0 Å². The Labute approximate surface area is 216 Å². The molecule has 1 unspecified atom stereocenters. The van der Waals surface area contributed by atoms with Crippen molar-refractivity contribution in [3.05, 3.63) is 28.8 Å². The zero-order valence-electron chi connectivity index (χ0n) is 20.3. The van der Waals surface area contributed by atoms with Gasteiger partial charge >= 0.3 is 5.97 Å². The molecule has 3 rings (SSSR count). The SMILES string of the molecule is CCO[C@@H]1OC(=O)CC1NC(=O)[C@@H]1CC(F)(F)CN1C(=O)[C@H](C)NC(=O)c1ccc(NC(C)=O)c(Cl)c1. The predicted octanol–water partition coefficient (Wildman–Crippen LogP) is 1.45. The third-order valence-corrected chi connectivity index (χ3v) is 6.05. The maximum absolute atomic E-state index is 14.3. The number of likely N-dealkylation sites (tertiary alicyclic amines) is 1. The summed E-state index contributed by atoms with van der Waals surface area (Å²) in [6.45, 7) is 3.42. The first-order valence-electron chi connectivity index (χ1n) is 11.5. The first-order chi connectivity index (χ1) is 17.3. The normalized spacial score (nSPS) is 23.2. The second kappa shape index (κ2) is 11.4. The number of nitrogens with zero attached hydrogens (tertiary/aromatic N) is 1. The van der Waals surface area contributed by atoms with Crippen LogP contribution < -0.4 is 16.0 Å². The lowest BCUT2D eigenvalue weighted by Gasteiger charge is -2.28. The Hall–Kier alpha value is -3.32. The number of benzene rings is 1. The number of hydrogen-bond acceptors (Lipinski definition) is 7. The van der Waals surface area contributed by atoms with E-state index in [0.29, 0.717) is 4.90 Å². The molecule has 202 valence electrons. The van der Waals surface area contributed by atoms with E-state index in [1.54, 1.807) is 6.92 Å². The molecular formula is C23H27ClF2N4O7. The molecule has 1 aromatic carbocycles. The van der Waals surface area contributed by atoms with Crippen molar-refractivity contribution in [3.63, 3.8) is 0 Å². The van der Waals surface area contributed by atoms with Gasteiger partial charge in [-0.25, -0.2) is 8.78 Å². The molecule has 3 N–H and O–H groups in total. The third-order valence-electron chi connectivity index (χ3n) is 5.74. The van der Waals surface area contributed by atoms with Crippen molar-refractivity contribution in [2.24, 2.45) is 0 Å². The zero-order chi connectivity index (χ0) is 27.5. The number of anilines is 1. The average molecular weight is 545 g/mol. The van der Waals surface area contributed by atoms with Gasteiger partial charge in [0.1, 0.15) is 18.1 Å². The minimum absolute atomic E-state index is 0.0627. The van der Waals surface area contributed by atoms with E-state index in [4.69, 9.17) is 21.1 Å². The van der Waals surface area contributed by atoms with Crippen LogP contribution in [0.25, 0.3) is 0 Å². The Bertz CT molecular complexity index is 1100. The molecule has 2 aliphatic rings. The fraction of sp³-hybridized carbons (Fsp3) is 0.522. The van der Waals surface area contributed by atoms with E-state index in [0.717, 1.165) is 0 Å². The molecule has 4 amide bonds. The minimum atomic E-state index is -3.34. The molecule has 4 atom stereocenters. The molecule has 2 fully saturated rings. The number of ether oxygens (including phenoxy) is 2. The molecule has 2 heterocycles. The van der Waals surface area contributed by atoms with Crippen molar-refractivity contribution >= 4 is 46.9 Å². The highest BCUT2D eigenvalue weighted by Gasteiger charge is 2.51. The summed E-state index contributed by atoms with van der Waals surface area (Å²) in [4.78, 5) is 62.1. The summed E-state index contributed by atoms with van der Waals surface area (Å²) in [5, 5.41) is 7.45. The van der Waals surface area contributed by atoms with Crippen LogP contribution in [0.4, 0.5) is 14.5 Å². The Morgan fingerprint density at radius 1 is 1.30 bits per heavy atom. The van der Waals surface area contributed by atoms with Crippen molar-refractivity contribution in [1.29, 1.82) is 0 Å². The maximum atomic E-state index is 14.3. The van der Waals surface area contributed by atoms with Crippen LogP contribution in [0.3, 0.4) is 0 Å². The van der Waals surface area contributed by atoms with E-state index in [-0.39, 0.29) is 35.2 Å². The highest BCUT2D eigenvalue weighted by Crippen LogP contribution is 2.33. The molecule has 0 aliphatic carbocycles. The molecule has 0 spiro atoms. The number of esters is 1. The Morgan fingerprint density at radius 3 is 2.62 bits per heavy atom. The van der Waals surface area contributed by atoms with Gasteiger partial charge in [-0.2, -0.15) is 0 Å². The monoisotopic (exact) mass is 544 g/mol. The summed E-state index contributed by atoms with van der Waals surface area (Å²) in [5.41, 5.74) is 0.344. The van der Waals surface area contributed by atoms with E-state index < -0.39 is 67.0 Å². The van der Waals surface area contributed by atoms with Gasteiger partial charge in [0.15, 0.2) is 0 Å². The largest absolute Gasteiger partial charge is 0.433 e. The zero-order valence-corrected chi connectivity index (χ0v) is 21.1. The topological polar surface area (TPSA) is 143 Å². The van der Waals surface area contributed by atoms with Gasteiger partial charge in [-0.15, -0.1) is 0 Å². The van der Waals surface area contributed by atoms with Gasteiger partial charge in [0, 0.05) is 25.5 Å². The fourth-order valence-corrected chi connectivity index (χ4v) is 4.30. The van der Waals surface area contributed by atoms with E-state index in [2.05, 4.69) is 16.0 Å². The smallest absolute Gasteiger partial charge is 0.310 e. The van der Waals surface area contributed by atoms with Crippen molar-refractivity contribution in [2.45, 2.75) is 64.0 Å². The van der Waals surface area contributed by atoms with Gasteiger partial charge in [-0.05, 0) is 32.0 Å². The van der Waals surface area contributed by atoms with E-state index in [1.165, 1.54) is 32.0 Å². The minimum Gasteiger partial charge on any atom is -0.433 e. The summed E-state index contributed by atoms with van der Waals surface area (Å²) in [6.07, 6.45) is -2.19. The van der Waals surface area contributed by atoms with Crippen LogP contribution >= 0.6 is 11.6 Å². The van der Waals surface area contributed by atoms with Crippen molar-refractivity contribution in [1.82, 2.24) is 15.5 Å². The number of amides is 4. The number of alkyl halides is 2. The molecule has 0 radical (unpaired) electrons. The van der Waals surface area contributed by atoms with E-state index in [1.807, 2.05) is 0 Å². The lowest BCUT2D eigenvalue weighted by atomic mass is 10.1. The van der Waals surface area contributed by atoms with Crippen molar-refractivity contribution in [2.75, 3.05) is 18.5 Å². The summed E-state index contributed by atoms with van der Waals surface area (Å²) in [5.74, 6) is -6.82. The summed E-state index contributed by atoms with van der Waals surface area (Å²) < 4.78 is 38.8. The number of rotatable bonds is 8. The van der Waals surface area contributed by atoms with Gasteiger partial charge in [-0.1, -0.05) is 11.6 Å². The van der Waals surface area contributed by atoms with Crippen molar-refractivity contribution < 1.29 is 42.2 Å². The lowest BCUT2D eigenvalue weighted by Crippen LogP contribution is -2.54. The van der Waals surface area contributed by atoms with E-state index in [9.17, 15) is 32.8 Å². The fourth-order valence-electron chi connectivity index (χ4n) is 4.07. The van der Waals surface area contributed by atoms with Crippen molar-refractivity contribution in [3.8, 4) is 0 Å². The number of hydrogen-bond donors (Lipinski definition) is 3. The second-order valence-corrected chi connectivity index (χ2v) is 9.15. The molecule has 2 aliphatic heterocycles. The number of cyclic esters (lactones) is 1. The van der Waals surface area contributed by atoms with Crippen LogP contribution in [0.1, 0.15) is 44.0 Å². The second-order valence-electron chi connectivity index (χ2n) is 8.75. The average Bonchev–Trinajstić information content (AvgIpc) is 3.32. The lowest BCUT2D eigenvalue weighted by molar-refractivity contribution is -0.164. The van der Waals surface area contributed by atoms with Gasteiger partial charge in [0.05, 0.1) is 23.7 Å². The van der Waals surface area contributed by atoms with Crippen LogP contribution in [0.5, 0.6) is 0 Å². The first kappa shape index (κ1) is 28.3. The molecule has 11 nitrogen and oxygen atoms in total. The molecule has 37 heavy (non-hydrogen) atoms. The maximum Gasteiger partial charge on any atom is 0.310 e. The van der Waals surface area contributed by atoms with Crippen LogP contribution in [0.2, 0.25) is 5.02 Å². The Kier molecular flexibility index (Phi) is 8.69. The number of carbonyl (C=O) groups is 5. The molecule has 2 saturated heterocycles. The summed E-state index contributed by atoms with van der Waals surface area (Å²) in [7, 11) is 0. The first-order valence-corrected chi connectivity index (χ1v) is 11.9. The van der Waals surface area contributed by atoms with Crippen LogP contribution in [0, 0.1) is 0 Å². The molecular weight excluding hydrogens is 518 g/mol. The molecule has 0 saturated carbocycles. The molecule has 1 aromatic rings. The molecule has 14 heteroatoms. The van der Waals surface area contributed by atoms with Gasteiger partial charge < -0.3 is 30.3 Å². The molecule has 0 bridgehead atoms. The van der Waals surface area contributed by atoms with Crippen LogP contribution in [0.15, 0.2) is 18.2 Å². The third kappa shape index (κ3) is 6.92. The van der Waals surface area contributed by atoms with Gasteiger partial charge in [0.2, 0.25) is 24.0 Å². The van der Waals surface area contributed by atoms with Gasteiger partial charge in [-0.3, -0.25) is 24.0 Å². The van der Waals surface area contributed by atoms with Crippen LogP contribution in [-0.2, 0) is 28.7 Å². The quantitative estimate of drug-likeness (QED) is 0.420. The summed E-state index contributed by atoms with van der Waals surface area (Å²) >= 11 is 6.08. The Balaban J connectivity index is 1.68. The summed E-state index contributed by atoms with van der Waals surface area (Å²) in [6, 6.07) is 0.348. The highest BCUT2D eigenvalue weighted by atomic mass is 35.5. The number of nitrogens with one attached hydrogen (secondary N) is 3.